The number of alkyl carbamates (subject to hydrolysis) is 1. The van der Waals surface area contributed by atoms with Crippen molar-refractivity contribution in [2.75, 3.05) is 13.2 Å². The Morgan fingerprint density at radius 1 is 1.21 bits per heavy atom. The lowest BCUT2D eigenvalue weighted by Gasteiger charge is -2.07. The van der Waals surface area contributed by atoms with Gasteiger partial charge in [0.1, 0.15) is 12.2 Å². The predicted octanol–water partition coefficient (Wildman–Crippen LogP) is 2.63. The van der Waals surface area contributed by atoms with Crippen LogP contribution in [0.1, 0.15) is 34.3 Å². The minimum atomic E-state index is -0.534. The zero-order chi connectivity index (χ0) is 17.4. The second-order valence-electron chi connectivity index (χ2n) is 5.03. The number of benzene rings is 1. The van der Waals surface area contributed by atoms with Crippen molar-refractivity contribution >= 4 is 12.1 Å². The third-order valence-corrected chi connectivity index (χ3v) is 3.25. The normalized spacial score (nSPS) is 10.2. The van der Waals surface area contributed by atoms with E-state index in [2.05, 4.69) is 10.5 Å². The Morgan fingerprint density at radius 3 is 2.67 bits per heavy atom. The molecule has 0 aliphatic carbocycles. The lowest BCUT2D eigenvalue weighted by Crippen LogP contribution is -2.26. The minimum Gasteiger partial charge on any atom is -0.462 e. The highest BCUT2D eigenvalue weighted by Crippen LogP contribution is 2.15. The molecular formula is C17H20N2O5. The van der Waals surface area contributed by atoms with E-state index in [4.69, 9.17) is 14.0 Å². The predicted molar refractivity (Wildman–Crippen MR) is 85.5 cm³/mol. The molecule has 2 rings (SSSR count). The number of aryl methyl sites for hydroxylation is 1. The fraction of sp³-hybridized carbons (Fsp3) is 0.353. The average molecular weight is 332 g/mol. The summed E-state index contributed by atoms with van der Waals surface area (Å²) in [4.78, 5) is 23.5. The third kappa shape index (κ3) is 4.84. The van der Waals surface area contributed by atoms with E-state index in [1.54, 1.807) is 13.8 Å². The van der Waals surface area contributed by atoms with Gasteiger partial charge in [0.05, 0.1) is 12.3 Å². The fourth-order valence-corrected chi connectivity index (χ4v) is 2.10. The van der Waals surface area contributed by atoms with Gasteiger partial charge in [-0.3, -0.25) is 0 Å². The first kappa shape index (κ1) is 17.5. The summed E-state index contributed by atoms with van der Waals surface area (Å²) in [5.74, 6) is -0.0905. The van der Waals surface area contributed by atoms with E-state index < -0.39 is 12.1 Å². The number of rotatable bonds is 7. The molecule has 0 spiro atoms. The van der Waals surface area contributed by atoms with E-state index in [0.29, 0.717) is 23.4 Å². The Hall–Kier alpha value is -2.83. The van der Waals surface area contributed by atoms with Gasteiger partial charge in [-0.2, -0.15) is 0 Å². The average Bonchev–Trinajstić information content (AvgIpc) is 2.95. The number of ether oxygens (including phenoxy) is 2. The molecule has 24 heavy (non-hydrogen) atoms. The van der Waals surface area contributed by atoms with Crippen molar-refractivity contribution in [3.8, 4) is 0 Å². The Kier molecular flexibility index (Phi) is 6.36. The van der Waals surface area contributed by atoms with Crippen LogP contribution in [-0.2, 0) is 22.5 Å². The number of amides is 1. The molecule has 0 aliphatic heterocycles. The highest BCUT2D eigenvalue weighted by atomic mass is 16.5. The Balaban J connectivity index is 1.79. The summed E-state index contributed by atoms with van der Waals surface area (Å²) in [6.45, 7) is 4.12. The summed E-state index contributed by atoms with van der Waals surface area (Å²) in [6.07, 6.45) is -0.220. The second kappa shape index (κ2) is 8.71. The topological polar surface area (TPSA) is 90.7 Å². The molecule has 2 aromatic rings. The van der Waals surface area contributed by atoms with E-state index in [9.17, 15) is 9.59 Å². The maximum absolute atomic E-state index is 11.9. The highest BCUT2D eigenvalue weighted by molar-refractivity contribution is 5.91. The lowest BCUT2D eigenvalue weighted by molar-refractivity contribution is 0.0523. The number of hydrogen-bond donors (Lipinski definition) is 1. The molecule has 0 saturated carbocycles. The van der Waals surface area contributed by atoms with Gasteiger partial charge in [0, 0.05) is 13.0 Å². The van der Waals surface area contributed by atoms with Crippen LogP contribution < -0.4 is 5.32 Å². The van der Waals surface area contributed by atoms with E-state index >= 15 is 0 Å². The molecule has 0 aliphatic rings. The van der Waals surface area contributed by atoms with Crippen molar-refractivity contribution in [1.82, 2.24) is 10.5 Å². The summed E-state index contributed by atoms with van der Waals surface area (Å²) < 4.78 is 15.2. The van der Waals surface area contributed by atoms with Crippen molar-refractivity contribution in [3.63, 3.8) is 0 Å². The number of carbonyl (C=O) groups excluding carboxylic acids is 2. The number of esters is 1. The molecule has 7 nitrogen and oxygen atoms in total. The van der Waals surface area contributed by atoms with Crippen molar-refractivity contribution in [3.05, 3.63) is 52.9 Å². The minimum absolute atomic E-state index is 0.197. The first-order chi connectivity index (χ1) is 11.6. The smallest absolute Gasteiger partial charge is 0.407 e. The van der Waals surface area contributed by atoms with Gasteiger partial charge in [0.25, 0.3) is 0 Å². The molecule has 0 unspecified atom stereocenters. The zero-order valence-electron chi connectivity index (χ0n) is 13.7. The van der Waals surface area contributed by atoms with Gasteiger partial charge in [0.2, 0.25) is 0 Å². The van der Waals surface area contributed by atoms with Crippen LogP contribution in [-0.4, -0.2) is 30.4 Å². The zero-order valence-corrected chi connectivity index (χ0v) is 13.7. The summed E-state index contributed by atoms with van der Waals surface area (Å²) in [5.41, 5.74) is 1.69. The summed E-state index contributed by atoms with van der Waals surface area (Å²) in [6, 6.07) is 9.38. The summed E-state index contributed by atoms with van der Waals surface area (Å²) in [7, 11) is 0. The lowest BCUT2D eigenvalue weighted by atomic mass is 10.1. The van der Waals surface area contributed by atoms with Gasteiger partial charge >= 0.3 is 12.1 Å². The number of aromatic nitrogens is 1. The summed E-state index contributed by atoms with van der Waals surface area (Å²) in [5, 5.41) is 6.38. The van der Waals surface area contributed by atoms with Gasteiger partial charge in [0.15, 0.2) is 5.76 Å². The SMILES string of the molecule is CCOC(=O)c1c(C)noc1CCNC(=O)OCc1ccccc1. The first-order valence-corrected chi connectivity index (χ1v) is 7.68. The van der Waals surface area contributed by atoms with Crippen molar-refractivity contribution < 1.29 is 23.6 Å². The summed E-state index contributed by atoms with van der Waals surface area (Å²) >= 11 is 0. The third-order valence-electron chi connectivity index (χ3n) is 3.25. The fourth-order valence-electron chi connectivity index (χ4n) is 2.10. The van der Waals surface area contributed by atoms with E-state index in [-0.39, 0.29) is 19.8 Å². The molecule has 1 N–H and O–H groups in total. The van der Waals surface area contributed by atoms with Crippen LogP contribution in [0.15, 0.2) is 34.9 Å². The van der Waals surface area contributed by atoms with Gasteiger partial charge in [-0.15, -0.1) is 0 Å². The van der Waals surface area contributed by atoms with Crippen LogP contribution in [0.5, 0.6) is 0 Å². The number of nitrogens with one attached hydrogen (secondary N) is 1. The molecule has 1 aromatic heterocycles. The number of carbonyl (C=O) groups is 2. The van der Waals surface area contributed by atoms with E-state index in [1.165, 1.54) is 0 Å². The second-order valence-corrected chi connectivity index (χ2v) is 5.03. The van der Waals surface area contributed by atoms with Gasteiger partial charge in [-0.05, 0) is 19.4 Å². The molecule has 128 valence electrons. The van der Waals surface area contributed by atoms with E-state index in [1.807, 2.05) is 30.3 Å². The Morgan fingerprint density at radius 2 is 1.96 bits per heavy atom. The van der Waals surface area contributed by atoms with Crippen LogP contribution in [0, 0.1) is 6.92 Å². The van der Waals surface area contributed by atoms with Gasteiger partial charge in [-0.25, -0.2) is 9.59 Å². The van der Waals surface area contributed by atoms with Crippen molar-refractivity contribution in [2.45, 2.75) is 26.9 Å². The van der Waals surface area contributed by atoms with Crippen LogP contribution in [0.2, 0.25) is 0 Å². The Bertz CT molecular complexity index is 682. The van der Waals surface area contributed by atoms with E-state index in [0.717, 1.165) is 5.56 Å². The molecule has 0 atom stereocenters. The molecule has 0 fully saturated rings. The van der Waals surface area contributed by atoms with Gasteiger partial charge in [-0.1, -0.05) is 35.5 Å². The number of nitrogens with zero attached hydrogens (tertiary/aromatic N) is 1. The van der Waals surface area contributed by atoms with Crippen LogP contribution in [0.25, 0.3) is 0 Å². The standard InChI is InChI=1S/C17H20N2O5/c1-3-22-16(20)15-12(2)19-24-14(15)9-10-18-17(21)23-11-13-7-5-4-6-8-13/h4-8H,3,9-11H2,1-2H3,(H,18,21). The first-order valence-electron chi connectivity index (χ1n) is 7.68. The quantitative estimate of drug-likeness (QED) is 0.784. The number of hydrogen-bond acceptors (Lipinski definition) is 6. The maximum atomic E-state index is 11.9. The molecule has 1 aromatic carbocycles. The van der Waals surface area contributed by atoms with Gasteiger partial charge < -0.3 is 19.3 Å². The molecule has 1 heterocycles. The van der Waals surface area contributed by atoms with Crippen LogP contribution >= 0.6 is 0 Å². The highest BCUT2D eigenvalue weighted by Gasteiger charge is 2.21. The van der Waals surface area contributed by atoms with Crippen molar-refractivity contribution in [2.24, 2.45) is 0 Å². The maximum Gasteiger partial charge on any atom is 0.407 e. The largest absolute Gasteiger partial charge is 0.462 e. The molecule has 0 radical (unpaired) electrons. The molecule has 7 heteroatoms. The Labute approximate surface area is 139 Å². The van der Waals surface area contributed by atoms with Crippen LogP contribution in [0.4, 0.5) is 4.79 Å². The van der Waals surface area contributed by atoms with Crippen molar-refractivity contribution in [1.29, 1.82) is 0 Å². The van der Waals surface area contributed by atoms with Crippen LogP contribution in [0.3, 0.4) is 0 Å². The molecule has 1 amide bonds. The molecular weight excluding hydrogens is 312 g/mol. The molecule has 0 saturated heterocycles. The molecule has 0 bridgehead atoms. The monoisotopic (exact) mass is 332 g/mol.